The van der Waals surface area contributed by atoms with Crippen LogP contribution in [0.5, 0.6) is 0 Å². The van der Waals surface area contributed by atoms with Crippen LogP contribution in [0.25, 0.3) is 0 Å². The summed E-state index contributed by atoms with van der Waals surface area (Å²) in [6, 6.07) is 0.287. The molecule has 94 valence electrons. The highest BCUT2D eigenvalue weighted by atomic mass is 16.5. The summed E-state index contributed by atoms with van der Waals surface area (Å²) in [6.07, 6.45) is 4.77. The summed E-state index contributed by atoms with van der Waals surface area (Å²) >= 11 is 0. The fraction of sp³-hybridized carbons (Fsp3) is 0.786. The molecule has 3 unspecified atom stereocenters. The Kier molecular flexibility index (Phi) is 2.37. The molecule has 1 saturated heterocycles. The largest absolute Gasteiger partial charge is 0.366 e. The van der Waals surface area contributed by atoms with E-state index >= 15 is 0 Å². The third-order valence-corrected chi connectivity index (χ3v) is 5.12. The van der Waals surface area contributed by atoms with Gasteiger partial charge < -0.3 is 9.64 Å². The predicted molar refractivity (Wildman–Crippen MR) is 65.6 cm³/mol. The molecular weight excluding hydrogens is 214 g/mol. The van der Waals surface area contributed by atoms with Crippen LogP contribution >= 0.6 is 0 Å². The molecular formula is C14H21NO2. The van der Waals surface area contributed by atoms with Gasteiger partial charge in [0.15, 0.2) is 0 Å². The zero-order valence-electron chi connectivity index (χ0n) is 11.0. The summed E-state index contributed by atoms with van der Waals surface area (Å²) < 4.78 is 5.76. The van der Waals surface area contributed by atoms with Gasteiger partial charge in [-0.15, -0.1) is 0 Å². The minimum absolute atomic E-state index is 0.134. The van der Waals surface area contributed by atoms with E-state index in [9.17, 15) is 4.79 Å². The zero-order valence-corrected chi connectivity index (χ0v) is 11.0. The normalized spacial score (nSPS) is 40.2. The number of carbonyl (C=O) groups is 1. The van der Waals surface area contributed by atoms with Crippen molar-refractivity contribution in [3.63, 3.8) is 0 Å². The van der Waals surface area contributed by atoms with E-state index in [1.807, 2.05) is 11.9 Å². The van der Waals surface area contributed by atoms with Gasteiger partial charge in [0.1, 0.15) is 6.61 Å². The van der Waals surface area contributed by atoms with Gasteiger partial charge in [0.2, 0.25) is 5.91 Å². The third kappa shape index (κ3) is 1.35. The van der Waals surface area contributed by atoms with Crippen molar-refractivity contribution in [2.24, 2.45) is 5.41 Å². The van der Waals surface area contributed by atoms with E-state index < -0.39 is 0 Å². The molecule has 1 heterocycles. The molecule has 0 aromatic rings. The molecule has 0 aromatic carbocycles. The summed E-state index contributed by atoms with van der Waals surface area (Å²) in [7, 11) is 1.93. The van der Waals surface area contributed by atoms with Crippen LogP contribution in [0.4, 0.5) is 0 Å². The lowest BCUT2D eigenvalue weighted by molar-refractivity contribution is -0.157. The Morgan fingerprint density at radius 1 is 1.47 bits per heavy atom. The van der Waals surface area contributed by atoms with E-state index in [-0.39, 0.29) is 24.7 Å². The zero-order chi connectivity index (χ0) is 12.2. The molecule has 3 aliphatic rings. The molecule has 17 heavy (non-hydrogen) atoms. The van der Waals surface area contributed by atoms with Gasteiger partial charge in [-0.05, 0) is 25.7 Å². The summed E-state index contributed by atoms with van der Waals surface area (Å²) in [5, 5.41) is 0. The van der Waals surface area contributed by atoms with Gasteiger partial charge in [-0.2, -0.15) is 0 Å². The fourth-order valence-electron chi connectivity index (χ4n) is 4.02. The number of likely N-dealkylation sites (N-methyl/N-ethyl adjacent to an activating group) is 1. The molecule has 3 heteroatoms. The first kappa shape index (κ1) is 11.3. The average molecular weight is 235 g/mol. The second kappa shape index (κ2) is 3.58. The van der Waals surface area contributed by atoms with Gasteiger partial charge in [0.25, 0.3) is 0 Å². The van der Waals surface area contributed by atoms with Crippen molar-refractivity contribution in [2.45, 2.75) is 51.7 Å². The molecule has 1 amide bonds. The third-order valence-electron chi connectivity index (χ3n) is 5.12. The number of carbonyl (C=O) groups excluding carboxylic acids is 1. The van der Waals surface area contributed by atoms with Crippen LogP contribution in [0.15, 0.2) is 11.1 Å². The maximum absolute atomic E-state index is 11.7. The van der Waals surface area contributed by atoms with E-state index in [1.54, 1.807) is 11.1 Å². The lowest BCUT2D eigenvalue weighted by Gasteiger charge is -2.44. The molecule has 2 aliphatic carbocycles. The van der Waals surface area contributed by atoms with Crippen molar-refractivity contribution in [1.82, 2.24) is 4.90 Å². The summed E-state index contributed by atoms with van der Waals surface area (Å²) in [4.78, 5) is 13.6. The van der Waals surface area contributed by atoms with Crippen molar-refractivity contribution in [3.05, 3.63) is 11.1 Å². The molecule has 3 rings (SSSR count). The van der Waals surface area contributed by atoms with E-state index in [2.05, 4.69) is 13.8 Å². The first-order valence-electron chi connectivity index (χ1n) is 6.74. The van der Waals surface area contributed by atoms with E-state index in [0.29, 0.717) is 5.41 Å². The van der Waals surface area contributed by atoms with E-state index in [1.165, 1.54) is 12.8 Å². The minimum atomic E-state index is 0.134. The second-order valence-corrected chi connectivity index (χ2v) is 5.58. The van der Waals surface area contributed by atoms with Crippen LogP contribution in [-0.2, 0) is 9.53 Å². The van der Waals surface area contributed by atoms with Gasteiger partial charge in [0.05, 0.1) is 12.1 Å². The fourth-order valence-corrected chi connectivity index (χ4v) is 4.02. The lowest BCUT2D eigenvalue weighted by atomic mass is 9.77. The maximum atomic E-state index is 11.7. The molecule has 0 spiro atoms. The highest BCUT2D eigenvalue weighted by Gasteiger charge is 2.57. The first-order valence-corrected chi connectivity index (χ1v) is 6.74. The van der Waals surface area contributed by atoms with Crippen molar-refractivity contribution in [3.8, 4) is 0 Å². The standard InChI is InChI=1S/C14H21NO2/c1-4-9-10-6-11-12(7-14(9,10)5-2)17-8-13(16)15(11)3/h11-12H,4-8H2,1-3H3. The highest BCUT2D eigenvalue weighted by molar-refractivity contribution is 5.78. The summed E-state index contributed by atoms with van der Waals surface area (Å²) in [6.45, 7) is 4.80. The number of hydrogen-bond donors (Lipinski definition) is 0. The molecule has 3 atom stereocenters. The monoisotopic (exact) mass is 235 g/mol. The number of allylic oxidation sites excluding steroid dienone is 1. The molecule has 1 aliphatic heterocycles. The maximum Gasteiger partial charge on any atom is 0.248 e. The average Bonchev–Trinajstić information content (AvgIpc) is 2.99. The quantitative estimate of drug-likeness (QED) is 0.686. The number of rotatable bonds is 2. The van der Waals surface area contributed by atoms with Crippen LogP contribution in [-0.4, -0.2) is 36.6 Å². The number of morpholine rings is 1. The lowest BCUT2D eigenvalue weighted by Crippen LogP contribution is -2.55. The Morgan fingerprint density at radius 3 is 2.88 bits per heavy atom. The Morgan fingerprint density at radius 2 is 2.24 bits per heavy atom. The van der Waals surface area contributed by atoms with Crippen LogP contribution < -0.4 is 0 Å². The van der Waals surface area contributed by atoms with Crippen molar-refractivity contribution >= 4 is 5.91 Å². The van der Waals surface area contributed by atoms with Gasteiger partial charge in [-0.25, -0.2) is 0 Å². The van der Waals surface area contributed by atoms with Crippen LogP contribution in [0.2, 0.25) is 0 Å². The van der Waals surface area contributed by atoms with Crippen LogP contribution in [0, 0.1) is 5.41 Å². The molecule has 3 nitrogen and oxygen atoms in total. The molecule has 1 saturated carbocycles. The topological polar surface area (TPSA) is 29.5 Å². The highest BCUT2D eigenvalue weighted by Crippen LogP contribution is 2.65. The summed E-state index contributed by atoms with van der Waals surface area (Å²) in [5.74, 6) is 0.134. The van der Waals surface area contributed by atoms with Crippen LogP contribution in [0.1, 0.15) is 39.5 Å². The number of fused-ring (bicyclic) bond motifs is 2. The van der Waals surface area contributed by atoms with E-state index in [0.717, 1.165) is 12.8 Å². The van der Waals surface area contributed by atoms with Gasteiger partial charge in [-0.1, -0.05) is 25.0 Å². The molecule has 0 N–H and O–H groups in total. The minimum Gasteiger partial charge on any atom is -0.366 e. The Balaban J connectivity index is 1.85. The van der Waals surface area contributed by atoms with Gasteiger partial charge in [0, 0.05) is 12.5 Å². The van der Waals surface area contributed by atoms with Crippen molar-refractivity contribution in [2.75, 3.05) is 13.7 Å². The van der Waals surface area contributed by atoms with Crippen molar-refractivity contribution in [1.29, 1.82) is 0 Å². The summed E-state index contributed by atoms with van der Waals surface area (Å²) in [5.41, 5.74) is 3.67. The van der Waals surface area contributed by atoms with Crippen molar-refractivity contribution < 1.29 is 9.53 Å². The number of amides is 1. The SMILES string of the molecule is CCC1=C2CC3C(CC12CC)OCC(=O)N3C. The number of nitrogens with zero attached hydrogens (tertiary/aromatic N) is 1. The second-order valence-electron chi connectivity index (χ2n) is 5.58. The first-order chi connectivity index (χ1) is 8.14. The van der Waals surface area contributed by atoms with Gasteiger partial charge >= 0.3 is 0 Å². The molecule has 2 fully saturated rings. The number of hydrogen-bond acceptors (Lipinski definition) is 2. The predicted octanol–water partition coefficient (Wildman–Crippen LogP) is 2.12. The smallest absolute Gasteiger partial charge is 0.248 e. The Labute approximate surface area is 103 Å². The molecule has 0 bridgehead atoms. The van der Waals surface area contributed by atoms with E-state index in [4.69, 9.17) is 4.74 Å². The Bertz CT molecular complexity index is 401. The van der Waals surface area contributed by atoms with Gasteiger partial charge in [-0.3, -0.25) is 4.79 Å². The molecule has 0 aromatic heterocycles. The molecule has 0 radical (unpaired) electrons. The van der Waals surface area contributed by atoms with Crippen LogP contribution in [0.3, 0.4) is 0 Å². The number of ether oxygens (including phenoxy) is 1. The Hall–Kier alpha value is -0.830.